The normalized spacial score (nSPS) is 10.8. The summed E-state index contributed by atoms with van der Waals surface area (Å²) in [7, 11) is 3.42. The Kier molecular flexibility index (Phi) is 3.31. The van der Waals surface area contributed by atoms with E-state index in [4.69, 9.17) is 15.2 Å². The van der Waals surface area contributed by atoms with Crippen LogP contribution >= 0.6 is 0 Å². The molecule has 0 aliphatic carbocycles. The summed E-state index contributed by atoms with van der Waals surface area (Å²) in [6.45, 7) is 0.221. The van der Waals surface area contributed by atoms with Gasteiger partial charge >= 0.3 is 0 Å². The number of fused-ring (bicyclic) bond motifs is 1. The van der Waals surface area contributed by atoms with E-state index in [0.29, 0.717) is 23.0 Å². The summed E-state index contributed by atoms with van der Waals surface area (Å²) in [5, 5.41) is 4.85. The first kappa shape index (κ1) is 13.2. The molecule has 0 saturated carbocycles. The highest BCUT2D eigenvalue weighted by Crippen LogP contribution is 2.21. The average molecular weight is 285 g/mol. The number of methoxy groups -OCH3 is 1. The quantitative estimate of drug-likeness (QED) is 0.782. The molecule has 2 heterocycles. The fourth-order valence-electron chi connectivity index (χ4n) is 1.99. The third kappa shape index (κ3) is 2.58. The molecule has 0 aliphatic rings. The van der Waals surface area contributed by atoms with Gasteiger partial charge in [-0.25, -0.2) is 9.97 Å². The molecule has 1 aromatic carbocycles. The molecule has 0 fully saturated rings. The van der Waals surface area contributed by atoms with Gasteiger partial charge in [0.1, 0.15) is 23.9 Å². The molecule has 0 aliphatic heterocycles. The van der Waals surface area contributed by atoms with Crippen molar-refractivity contribution in [3.05, 3.63) is 36.3 Å². The van der Waals surface area contributed by atoms with Crippen molar-refractivity contribution >= 4 is 16.9 Å². The van der Waals surface area contributed by atoms with Crippen LogP contribution in [0.4, 0.5) is 5.82 Å². The number of benzene rings is 1. The number of anilines is 1. The maximum Gasteiger partial charge on any atom is 0.170 e. The van der Waals surface area contributed by atoms with Crippen molar-refractivity contribution in [2.45, 2.75) is 6.61 Å². The van der Waals surface area contributed by atoms with Crippen molar-refractivity contribution in [2.75, 3.05) is 12.8 Å². The second kappa shape index (κ2) is 5.28. The van der Waals surface area contributed by atoms with E-state index in [1.54, 1.807) is 24.1 Å². The lowest BCUT2D eigenvalue weighted by Gasteiger charge is -2.07. The van der Waals surface area contributed by atoms with Gasteiger partial charge in [0.25, 0.3) is 0 Å². The summed E-state index contributed by atoms with van der Waals surface area (Å²) in [6.07, 6.45) is 1.65. The first-order chi connectivity index (χ1) is 10.2. The van der Waals surface area contributed by atoms with Crippen molar-refractivity contribution in [3.8, 4) is 11.5 Å². The number of hydrogen-bond donors (Lipinski definition) is 1. The third-order valence-electron chi connectivity index (χ3n) is 3.08. The van der Waals surface area contributed by atoms with Crippen molar-refractivity contribution in [2.24, 2.45) is 7.05 Å². The molecule has 0 saturated heterocycles. The van der Waals surface area contributed by atoms with Gasteiger partial charge in [-0.05, 0) is 12.1 Å². The van der Waals surface area contributed by atoms with Gasteiger partial charge in [0, 0.05) is 13.1 Å². The molecular formula is C14H15N5O2. The van der Waals surface area contributed by atoms with E-state index in [1.165, 1.54) is 0 Å². The molecule has 0 bridgehead atoms. The lowest BCUT2D eigenvalue weighted by atomic mass is 10.3. The van der Waals surface area contributed by atoms with E-state index in [1.807, 2.05) is 25.2 Å². The largest absolute Gasteiger partial charge is 0.497 e. The lowest BCUT2D eigenvalue weighted by Crippen LogP contribution is -2.06. The van der Waals surface area contributed by atoms with Crippen molar-refractivity contribution in [1.29, 1.82) is 0 Å². The second-order valence-corrected chi connectivity index (χ2v) is 4.50. The number of aromatic nitrogens is 4. The third-order valence-corrected chi connectivity index (χ3v) is 3.08. The van der Waals surface area contributed by atoms with Crippen LogP contribution in [0.2, 0.25) is 0 Å². The Morgan fingerprint density at radius 2 is 2.05 bits per heavy atom. The van der Waals surface area contributed by atoms with Crippen LogP contribution in [0.5, 0.6) is 11.5 Å². The summed E-state index contributed by atoms with van der Waals surface area (Å²) in [6, 6.07) is 7.34. The fraction of sp³-hybridized carbons (Fsp3) is 0.214. The van der Waals surface area contributed by atoms with Gasteiger partial charge < -0.3 is 15.2 Å². The van der Waals surface area contributed by atoms with Gasteiger partial charge in [-0.1, -0.05) is 6.07 Å². The predicted octanol–water partition coefficient (Wildman–Crippen LogP) is 1.53. The zero-order valence-electron chi connectivity index (χ0n) is 11.8. The minimum Gasteiger partial charge on any atom is -0.497 e. The number of nitrogens with two attached hydrogens (primary N) is 1. The molecule has 0 unspecified atom stereocenters. The van der Waals surface area contributed by atoms with E-state index in [-0.39, 0.29) is 6.61 Å². The molecule has 0 atom stereocenters. The number of nitrogen functional groups attached to an aromatic ring is 1. The van der Waals surface area contributed by atoms with Gasteiger partial charge in [0.05, 0.1) is 18.7 Å². The molecule has 3 rings (SSSR count). The summed E-state index contributed by atoms with van der Waals surface area (Å²) in [5.41, 5.74) is 6.59. The Balaban J connectivity index is 1.83. The van der Waals surface area contributed by atoms with Crippen LogP contribution in [0.15, 0.2) is 30.5 Å². The van der Waals surface area contributed by atoms with Gasteiger partial charge in [-0.2, -0.15) is 5.10 Å². The van der Waals surface area contributed by atoms with Gasteiger partial charge in [0.2, 0.25) is 0 Å². The molecule has 0 amide bonds. The molecule has 21 heavy (non-hydrogen) atoms. The Morgan fingerprint density at radius 3 is 2.86 bits per heavy atom. The van der Waals surface area contributed by atoms with E-state index in [9.17, 15) is 0 Å². The van der Waals surface area contributed by atoms with Crippen molar-refractivity contribution in [1.82, 2.24) is 19.7 Å². The van der Waals surface area contributed by atoms with Crippen LogP contribution in [0.1, 0.15) is 5.82 Å². The Hall–Kier alpha value is -2.83. The topological polar surface area (TPSA) is 88.1 Å². The molecular weight excluding hydrogens is 270 g/mol. The van der Waals surface area contributed by atoms with E-state index < -0.39 is 0 Å². The summed E-state index contributed by atoms with van der Waals surface area (Å²) >= 11 is 0. The number of ether oxygens (including phenoxy) is 2. The minimum atomic E-state index is 0.221. The molecule has 0 spiro atoms. The van der Waals surface area contributed by atoms with E-state index in [0.717, 1.165) is 11.1 Å². The molecule has 7 nitrogen and oxygen atoms in total. The number of hydrogen-bond acceptors (Lipinski definition) is 6. The minimum absolute atomic E-state index is 0.221. The smallest absolute Gasteiger partial charge is 0.170 e. The zero-order chi connectivity index (χ0) is 14.8. The summed E-state index contributed by atoms with van der Waals surface area (Å²) in [5.74, 6) is 2.32. The first-order valence-electron chi connectivity index (χ1n) is 6.38. The molecule has 2 N–H and O–H groups in total. The van der Waals surface area contributed by atoms with Gasteiger partial charge in [0.15, 0.2) is 11.5 Å². The SMILES string of the molecule is COc1cccc(OCc2nc(N)c3cnn(C)c3n2)c1. The summed E-state index contributed by atoms with van der Waals surface area (Å²) in [4.78, 5) is 8.64. The van der Waals surface area contributed by atoms with Crippen molar-refractivity contribution < 1.29 is 9.47 Å². The summed E-state index contributed by atoms with van der Waals surface area (Å²) < 4.78 is 12.5. The molecule has 0 radical (unpaired) electrons. The van der Waals surface area contributed by atoms with E-state index >= 15 is 0 Å². The number of aryl methyl sites for hydroxylation is 1. The molecule has 108 valence electrons. The fourth-order valence-corrected chi connectivity index (χ4v) is 1.99. The van der Waals surface area contributed by atoms with Crippen LogP contribution < -0.4 is 15.2 Å². The number of nitrogens with zero attached hydrogens (tertiary/aromatic N) is 4. The van der Waals surface area contributed by atoms with Crippen LogP contribution in [0.3, 0.4) is 0 Å². The zero-order valence-corrected chi connectivity index (χ0v) is 11.8. The van der Waals surface area contributed by atoms with Crippen LogP contribution in [0.25, 0.3) is 11.0 Å². The van der Waals surface area contributed by atoms with Gasteiger partial charge in [-0.3, -0.25) is 4.68 Å². The predicted molar refractivity (Wildman–Crippen MR) is 78.0 cm³/mol. The van der Waals surface area contributed by atoms with E-state index in [2.05, 4.69) is 15.1 Å². The standard InChI is InChI=1S/C14H15N5O2/c1-19-14-11(7-16-19)13(15)17-12(18-14)8-21-10-5-3-4-9(6-10)20-2/h3-7H,8H2,1-2H3,(H2,15,17,18). The highest BCUT2D eigenvalue weighted by molar-refractivity contribution is 5.84. The van der Waals surface area contributed by atoms with Crippen LogP contribution in [0, 0.1) is 0 Å². The van der Waals surface area contributed by atoms with Crippen LogP contribution in [-0.4, -0.2) is 26.9 Å². The average Bonchev–Trinajstić information content (AvgIpc) is 2.87. The monoisotopic (exact) mass is 285 g/mol. The first-order valence-corrected chi connectivity index (χ1v) is 6.38. The molecule has 2 aromatic heterocycles. The highest BCUT2D eigenvalue weighted by atomic mass is 16.5. The number of rotatable bonds is 4. The second-order valence-electron chi connectivity index (χ2n) is 4.50. The molecule has 7 heteroatoms. The maximum absolute atomic E-state index is 5.90. The van der Waals surface area contributed by atoms with Crippen LogP contribution in [-0.2, 0) is 13.7 Å². The Morgan fingerprint density at radius 1 is 1.24 bits per heavy atom. The highest BCUT2D eigenvalue weighted by Gasteiger charge is 2.09. The Labute approximate surface area is 121 Å². The molecule has 3 aromatic rings. The van der Waals surface area contributed by atoms with Gasteiger partial charge in [-0.15, -0.1) is 0 Å². The maximum atomic E-state index is 5.90. The lowest BCUT2D eigenvalue weighted by molar-refractivity contribution is 0.294. The Bertz CT molecular complexity index is 784. The van der Waals surface area contributed by atoms with Crippen molar-refractivity contribution in [3.63, 3.8) is 0 Å².